The Morgan fingerprint density at radius 2 is 1.94 bits per heavy atom. The van der Waals surface area contributed by atoms with Crippen LogP contribution in [-0.4, -0.2) is 25.0 Å². The van der Waals surface area contributed by atoms with E-state index in [1.807, 2.05) is 6.07 Å². The van der Waals surface area contributed by atoms with Gasteiger partial charge in [0, 0.05) is 12.5 Å². The van der Waals surface area contributed by atoms with Crippen LogP contribution in [0.1, 0.15) is 12.5 Å². The van der Waals surface area contributed by atoms with Crippen LogP contribution in [0.3, 0.4) is 0 Å². The van der Waals surface area contributed by atoms with E-state index < -0.39 is 6.16 Å². The van der Waals surface area contributed by atoms with Gasteiger partial charge in [-0.25, -0.2) is 4.79 Å². The molecule has 0 saturated heterocycles. The zero-order chi connectivity index (χ0) is 12.0. The Morgan fingerprint density at radius 1 is 1.31 bits per heavy atom. The van der Waals surface area contributed by atoms with Crippen molar-refractivity contribution in [1.29, 1.82) is 5.41 Å². The lowest BCUT2D eigenvalue weighted by Crippen LogP contribution is -2.11. The van der Waals surface area contributed by atoms with Crippen molar-refractivity contribution in [2.45, 2.75) is 6.92 Å². The second-order valence-corrected chi connectivity index (χ2v) is 2.90. The molecule has 0 aromatic heterocycles. The first kappa shape index (κ1) is 11.9. The number of methoxy groups -OCH3 is 1. The van der Waals surface area contributed by atoms with Gasteiger partial charge in [0.15, 0.2) is 5.84 Å². The molecule has 0 heterocycles. The molecule has 0 aliphatic rings. The van der Waals surface area contributed by atoms with Crippen LogP contribution in [0.4, 0.5) is 4.79 Å². The van der Waals surface area contributed by atoms with Crippen molar-refractivity contribution in [1.82, 2.24) is 0 Å². The molecule has 84 valence electrons. The highest BCUT2D eigenvalue weighted by molar-refractivity contribution is 6.04. The Kier molecular flexibility index (Phi) is 4.20. The van der Waals surface area contributed by atoms with Gasteiger partial charge in [-0.05, 0) is 0 Å². The third-order valence-electron chi connectivity index (χ3n) is 1.71. The summed E-state index contributed by atoms with van der Waals surface area (Å²) in [7, 11) is 1.21. The zero-order valence-corrected chi connectivity index (χ0v) is 9.06. The van der Waals surface area contributed by atoms with Crippen molar-refractivity contribution in [2.24, 2.45) is 4.99 Å². The monoisotopic (exact) mass is 220 g/mol. The maximum Gasteiger partial charge on any atom is 0.514 e. The number of nitrogens with one attached hydrogen (secondary N) is 1. The van der Waals surface area contributed by atoms with Crippen molar-refractivity contribution >= 4 is 17.9 Å². The minimum absolute atomic E-state index is 0.0296. The van der Waals surface area contributed by atoms with E-state index in [0.29, 0.717) is 5.56 Å². The molecule has 0 spiro atoms. The smallest absolute Gasteiger partial charge is 0.437 e. The van der Waals surface area contributed by atoms with Gasteiger partial charge in [0.05, 0.1) is 7.11 Å². The molecule has 16 heavy (non-hydrogen) atoms. The van der Waals surface area contributed by atoms with Gasteiger partial charge < -0.3 is 9.47 Å². The molecular formula is C11H12N2O3. The number of aliphatic imine (C=N–C) groups is 1. The Balaban J connectivity index is 2.70. The SMILES string of the molecule is COC(=O)OC(C)=NC(=N)c1ccccc1. The van der Waals surface area contributed by atoms with Crippen LogP contribution in [0.2, 0.25) is 0 Å². The first-order chi connectivity index (χ1) is 7.63. The molecule has 1 N–H and O–H groups in total. The standard InChI is InChI=1S/C11H12N2O3/c1-8(16-11(14)15-2)13-10(12)9-6-4-3-5-7-9/h3-7,12H,1-2H3. The molecule has 1 rings (SSSR count). The maximum atomic E-state index is 10.7. The molecule has 0 bridgehead atoms. The van der Waals surface area contributed by atoms with E-state index in [1.54, 1.807) is 24.3 Å². The first-order valence-corrected chi connectivity index (χ1v) is 4.58. The van der Waals surface area contributed by atoms with Crippen molar-refractivity contribution in [2.75, 3.05) is 7.11 Å². The van der Waals surface area contributed by atoms with Gasteiger partial charge in [-0.2, -0.15) is 4.99 Å². The van der Waals surface area contributed by atoms with E-state index in [2.05, 4.69) is 14.5 Å². The van der Waals surface area contributed by atoms with Gasteiger partial charge in [-0.1, -0.05) is 30.3 Å². The van der Waals surface area contributed by atoms with Crippen LogP contribution < -0.4 is 0 Å². The van der Waals surface area contributed by atoms with Crippen LogP contribution in [0.5, 0.6) is 0 Å². The third kappa shape index (κ3) is 3.53. The largest absolute Gasteiger partial charge is 0.514 e. The highest BCUT2D eigenvalue weighted by Gasteiger charge is 2.05. The summed E-state index contributed by atoms with van der Waals surface area (Å²) >= 11 is 0. The number of rotatable bonds is 1. The fourth-order valence-electron chi connectivity index (χ4n) is 1.00. The summed E-state index contributed by atoms with van der Waals surface area (Å²) in [5.74, 6) is 0.0997. The Hall–Kier alpha value is -2.17. The van der Waals surface area contributed by atoms with E-state index >= 15 is 0 Å². The van der Waals surface area contributed by atoms with E-state index in [-0.39, 0.29) is 11.7 Å². The van der Waals surface area contributed by atoms with Gasteiger partial charge in [0.1, 0.15) is 0 Å². The number of hydrogen-bond acceptors (Lipinski definition) is 4. The van der Waals surface area contributed by atoms with Crippen molar-refractivity contribution in [3.63, 3.8) is 0 Å². The normalized spacial score (nSPS) is 10.8. The Labute approximate surface area is 93.2 Å². The van der Waals surface area contributed by atoms with Crippen molar-refractivity contribution in [3.05, 3.63) is 35.9 Å². The van der Waals surface area contributed by atoms with Crippen LogP contribution in [0, 0.1) is 5.41 Å². The van der Waals surface area contributed by atoms with Crippen LogP contribution in [0.15, 0.2) is 35.3 Å². The zero-order valence-electron chi connectivity index (χ0n) is 9.06. The van der Waals surface area contributed by atoms with Gasteiger partial charge in [-0.3, -0.25) is 5.41 Å². The highest BCUT2D eigenvalue weighted by atomic mass is 16.7. The molecule has 0 saturated carbocycles. The van der Waals surface area contributed by atoms with Gasteiger partial charge >= 0.3 is 6.16 Å². The highest BCUT2D eigenvalue weighted by Crippen LogP contribution is 2.01. The quantitative estimate of drug-likeness (QED) is 0.448. The summed E-state index contributed by atoms with van der Waals surface area (Å²) in [4.78, 5) is 14.6. The van der Waals surface area contributed by atoms with Gasteiger partial charge in [0.25, 0.3) is 0 Å². The molecule has 0 fully saturated rings. The predicted molar refractivity (Wildman–Crippen MR) is 59.9 cm³/mol. The number of nitrogens with zero attached hydrogens (tertiary/aromatic N) is 1. The number of carbonyl (C=O) groups is 1. The van der Waals surface area contributed by atoms with Gasteiger partial charge in [0.2, 0.25) is 5.90 Å². The van der Waals surface area contributed by atoms with Crippen LogP contribution in [-0.2, 0) is 9.47 Å². The summed E-state index contributed by atoms with van der Waals surface area (Å²) in [5, 5.41) is 7.64. The molecule has 1 aromatic carbocycles. The number of carbonyl (C=O) groups excluding carboxylic acids is 1. The second kappa shape index (κ2) is 5.65. The maximum absolute atomic E-state index is 10.7. The molecule has 0 unspecified atom stereocenters. The molecule has 0 atom stereocenters. The average Bonchev–Trinajstić information content (AvgIpc) is 2.29. The topological polar surface area (TPSA) is 71.7 Å². The molecule has 0 radical (unpaired) electrons. The molecule has 0 amide bonds. The summed E-state index contributed by atoms with van der Waals surface area (Å²) in [5.41, 5.74) is 0.648. The van der Waals surface area contributed by atoms with E-state index in [9.17, 15) is 4.79 Å². The van der Waals surface area contributed by atoms with E-state index in [0.717, 1.165) is 0 Å². The Bertz CT molecular complexity index is 412. The summed E-state index contributed by atoms with van der Waals surface area (Å²) in [6.07, 6.45) is -0.845. The van der Waals surface area contributed by atoms with Crippen LogP contribution in [0.25, 0.3) is 0 Å². The number of hydrogen-bond donors (Lipinski definition) is 1. The number of amidine groups is 1. The minimum atomic E-state index is -0.845. The fourth-order valence-corrected chi connectivity index (χ4v) is 1.00. The summed E-state index contributed by atoms with van der Waals surface area (Å²) < 4.78 is 8.94. The number of benzene rings is 1. The lowest BCUT2D eigenvalue weighted by molar-refractivity contribution is 0.117. The van der Waals surface area contributed by atoms with Crippen molar-refractivity contribution < 1.29 is 14.3 Å². The third-order valence-corrected chi connectivity index (χ3v) is 1.71. The van der Waals surface area contributed by atoms with E-state index in [4.69, 9.17) is 5.41 Å². The van der Waals surface area contributed by atoms with E-state index in [1.165, 1.54) is 14.0 Å². The lowest BCUT2D eigenvalue weighted by Gasteiger charge is -2.02. The average molecular weight is 220 g/mol. The predicted octanol–water partition coefficient (Wildman–Crippen LogP) is 2.21. The number of ether oxygens (including phenoxy) is 2. The van der Waals surface area contributed by atoms with Crippen molar-refractivity contribution in [3.8, 4) is 0 Å². The van der Waals surface area contributed by atoms with Crippen LogP contribution >= 0.6 is 0 Å². The summed E-state index contributed by atoms with van der Waals surface area (Å²) in [6.45, 7) is 1.48. The Morgan fingerprint density at radius 3 is 2.50 bits per heavy atom. The first-order valence-electron chi connectivity index (χ1n) is 4.58. The van der Waals surface area contributed by atoms with Gasteiger partial charge in [-0.15, -0.1) is 0 Å². The molecular weight excluding hydrogens is 208 g/mol. The fraction of sp³-hybridized carbons (Fsp3) is 0.182. The minimum Gasteiger partial charge on any atom is -0.437 e. The second-order valence-electron chi connectivity index (χ2n) is 2.90. The molecule has 1 aromatic rings. The lowest BCUT2D eigenvalue weighted by atomic mass is 10.2. The molecule has 0 aliphatic heterocycles. The molecule has 5 nitrogen and oxygen atoms in total. The summed E-state index contributed by atoms with van der Waals surface area (Å²) in [6, 6.07) is 8.94. The molecule has 0 aliphatic carbocycles. The molecule has 5 heteroatoms.